The molecular formula is C21H24ClFN2O3. The number of aryl methyl sites for hydroxylation is 1. The molecular weight excluding hydrogens is 383 g/mol. The van der Waals surface area contributed by atoms with Crippen molar-refractivity contribution in [3.8, 4) is 5.88 Å². The van der Waals surface area contributed by atoms with Gasteiger partial charge in [-0.25, -0.2) is 14.2 Å². The van der Waals surface area contributed by atoms with Gasteiger partial charge in [0.15, 0.2) is 0 Å². The van der Waals surface area contributed by atoms with Gasteiger partial charge in [0.25, 0.3) is 0 Å². The fourth-order valence-electron chi connectivity index (χ4n) is 3.06. The minimum atomic E-state index is -0.547. The van der Waals surface area contributed by atoms with E-state index in [0.717, 1.165) is 16.8 Å². The highest BCUT2D eigenvalue weighted by Crippen LogP contribution is 2.26. The fraction of sp³-hybridized carbons (Fsp3) is 0.429. The first-order valence-electron chi connectivity index (χ1n) is 9.16. The van der Waals surface area contributed by atoms with E-state index >= 15 is 0 Å². The largest absolute Gasteiger partial charge is 0.473 e. The Kier molecular flexibility index (Phi) is 5.79. The topological polar surface area (TPSA) is 51.7 Å². The van der Waals surface area contributed by atoms with E-state index in [1.807, 2.05) is 33.8 Å². The van der Waals surface area contributed by atoms with E-state index in [2.05, 4.69) is 4.98 Å². The Morgan fingerprint density at radius 1 is 1.32 bits per heavy atom. The summed E-state index contributed by atoms with van der Waals surface area (Å²) in [6, 6.07) is 6.31. The van der Waals surface area contributed by atoms with Gasteiger partial charge < -0.3 is 14.4 Å². The molecule has 0 fully saturated rings. The van der Waals surface area contributed by atoms with E-state index in [9.17, 15) is 9.18 Å². The zero-order valence-corrected chi connectivity index (χ0v) is 17.3. The van der Waals surface area contributed by atoms with E-state index in [1.165, 1.54) is 6.07 Å². The maximum Gasteiger partial charge on any atom is 0.410 e. The lowest BCUT2D eigenvalue weighted by Crippen LogP contribution is -2.40. The van der Waals surface area contributed by atoms with Crippen LogP contribution in [0.25, 0.3) is 0 Å². The molecule has 0 aliphatic carbocycles. The Labute approximate surface area is 169 Å². The van der Waals surface area contributed by atoms with Crippen molar-refractivity contribution in [1.82, 2.24) is 9.88 Å². The van der Waals surface area contributed by atoms with E-state index in [-0.39, 0.29) is 12.7 Å². The van der Waals surface area contributed by atoms with Crippen LogP contribution in [0.5, 0.6) is 5.88 Å². The van der Waals surface area contributed by atoms with E-state index in [0.29, 0.717) is 36.0 Å². The Morgan fingerprint density at radius 2 is 2.07 bits per heavy atom. The molecule has 1 aliphatic heterocycles. The van der Waals surface area contributed by atoms with Crippen LogP contribution in [-0.2, 0) is 24.3 Å². The number of carbonyl (C=O) groups is 1. The van der Waals surface area contributed by atoms with E-state index in [4.69, 9.17) is 21.1 Å². The lowest BCUT2D eigenvalue weighted by molar-refractivity contribution is 0.0220. The van der Waals surface area contributed by atoms with Gasteiger partial charge in [-0.2, -0.15) is 0 Å². The maximum atomic E-state index is 13.9. The molecule has 150 valence electrons. The van der Waals surface area contributed by atoms with Crippen molar-refractivity contribution >= 4 is 17.7 Å². The lowest BCUT2D eigenvalue weighted by Gasteiger charge is -2.31. The van der Waals surface area contributed by atoms with Crippen LogP contribution in [0.4, 0.5) is 9.18 Å². The summed E-state index contributed by atoms with van der Waals surface area (Å²) in [5, 5.41) is 0.339. The number of amides is 1. The first-order chi connectivity index (χ1) is 13.1. The second-order valence-electron chi connectivity index (χ2n) is 7.88. The normalized spacial score (nSPS) is 13.9. The number of pyridine rings is 1. The molecule has 0 unspecified atom stereocenters. The molecule has 0 saturated heterocycles. The van der Waals surface area contributed by atoms with Gasteiger partial charge in [-0.15, -0.1) is 0 Å². The van der Waals surface area contributed by atoms with Crippen molar-refractivity contribution < 1.29 is 18.7 Å². The molecule has 7 heteroatoms. The van der Waals surface area contributed by atoms with Crippen molar-refractivity contribution in [3.63, 3.8) is 0 Å². The molecule has 1 aromatic heterocycles. The summed E-state index contributed by atoms with van der Waals surface area (Å²) in [7, 11) is 0. The molecule has 1 amide bonds. The molecule has 2 heterocycles. The summed E-state index contributed by atoms with van der Waals surface area (Å²) in [4.78, 5) is 18.5. The molecule has 5 nitrogen and oxygen atoms in total. The predicted octanol–water partition coefficient (Wildman–Crippen LogP) is 5.05. The van der Waals surface area contributed by atoms with Gasteiger partial charge in [-0.05, 0) is 57.4 Å². The van der Waals surface area contributed by atoms with Crippen molar-refractivity contribution in [3.05, 3.63) is 57.5 Å². The Balaban J connectivity index is 1.74. The van der Waals surface area contributed by atoms with Crippen molar-refractivity contribution in [2.75, 3.05) is 6.54 Å². The SMILES string of the molecule is Cc1cc(OCc2ccc(Cl)cc2F)nc2c1CCN(C(=O)OC(C)(C)C)C2. The minimum absolute atomic E-state index is 0.0456. The van der Waals surface area contributed by atoms with E-state index < -0.39 is 11.4 Å². The van der Waals surface area contributed by atoms with E-state index in [1.54, 1.807) is 17.0 Å². The third-order valence-electron chi connectivity index (χ3n) is 4.42. The van der Waals surface area contributed by atoms with Crippen LogP contribution in [0, 0.1) is 12.7 Å². The van der Waals surface area contributed by atoms with Gasteiger partial charge in [-0.1, -0.05) is 17.7 Å². The zero-order valence-electron chi connectivity index (χ0n) is 16.5. The number of rotatable bonds is 3. The average Bonchev–Trinajstić information content (AvgIpc) is 2.59. The van der Waals surface area contributed by atoms with Gasteiger partial charge in [0.2, 0.25) is 5.88 Å². The zero-order chi connectivity index (χ0) is 20.5. The first-order valence-corrected chi connectivity index (χ1v) is 9.54. The summed E-state index contributed by atoms with van der Waals surface area (Å²) >= 11 is 5.78. The summed E-state index contributed by atoms with van der Waals surface area (Å²) in [5.41, 5.74) is 2.79. The summed E-state index contributed by atoms with van der Waals surface area (Å²) < 4.78 is 25.1. The number of ether oxygens (including phenoxy) is 2. The van der Waals surface area contributed by atoms with Crippen LogP contribution in [0.1, 0.15) is 43.2 Å². The van der Waals surface area contributed by atoms with Gasteiger partial charge >= 0.3 is 6.09 Å². The molecule has 0 atom stereocenters. The van der Waals surface area contributed by atoms with Crippen molar-refractivity contribution in [2.24, 2.45) is 0 Å². The molecule has 0 spiro atoms. The number of carbonyl (C=O) groups excluding carboxylic acids is 1. The highest BCUT2D eigenvalue weighted by molar-refractivity contribution is 6.30. The van der Waals surface area contributed by atoms with Crippen LogP contribution in [0.15, 0.2) is 24.3 Å². The molecule has 1 aliphatic rings. The van der Waals surface area contributed by atoms with Crippen LogP contribution >= 0.6 is 11.6 Å². The van der Waals surface area contributed by atoms with Crippen LogP contribution < -0.4 is 4.74 Å². The third kappa shape index (κ3) is 4.93. The molecule has 2 aromatic rings. The highest BCUT2D eigenvalue weighted by Gasteiger charge is 2.27. The predicted molar refractivity (Wildman–Crippen MR) is 105 cm³/mol. The maximum absolute atomic E-state index is 13.9. The summed E-state index contributed by atoms with van der Waals surface area (Å²) in [6.45, 7) is 8.49. The first kappa shape index (κ1) is 20.4. The van der Waals surface area contributed by atoms with Crippen LogP contribution in [0.3, 0.4) is 0 Å². The summed E-state index contributed by atoms with van der Waals surface area (Å²) in [6.07, 6.45) is 0.353. The molecule has 0 saturated carbocycles. The molecule has 0 radical (unpaired) electrons. The standard InChI is InChI=1S/C21H24ClFN2O3/c1-13-9-19(27-12-14-5-6-15(22)10-17(14)23)24-18-11-25(8-7-16(13)18)20(26)28-21(2,3)4/h5-6,9-10H,7-8,11-12H2,1-4H3. The van der Waals surface area contributed by atoms with Crippen molar-refractivity contribution in [1.29, 1.82) is 0 Å². The number of hydrogen-bond acceptors (Lipinski definition) is 4. The Bertz CT molecular complexity index is 896. The van der Waals surface area contributed by atoms with Gasteiger partial charge in [0, 0.05) is 23.2 Å². The number of aromatic nitrogens is 1. The summed E-state index contributed by atoms with van der Waals surface area (Å²) in [5.74, 6) is -0.0186. The lowest BCUT2D eigenvalue weighted by atomic mass is 10.0. The highest BCUT2D eigenvalue weighted by atomic mass is 35.5. The smallest absolute Gasteiger partial charge is 0.410 e. The number of nitrogens with zero attached hydrogens (tertiary/aromatic N) is 2. The Hall–Kier alpha value is -2.34. The van der Waals surface area contributed by atoms with Gasteiger partial charge in [0.05, 0.1) is 12.2 Å². The van der Waals surface area contributed by atoms with Gasteiger partial charge in [0.1, 0.15) is 18.0 Å². The molecule has 3 rings (SSSR count). The minimum Gasteiger partial charge on any atom is -0.473 e. The number of benzene rings is 1. The number of halogens is 2. The number of fused-ring (bicyclic) bond motifs is 1. The molecule has 1 aromatic carbocycles. The van der Waals surface area contributed by atoms with Crippen LogP contribution in [0.2, 0.25) is 5.02 Å². The molecule has 0 N–H and O–H groups in total. The molecule has 28 heavy (non-hydrogen) atoms. The number of hydrogen-bond donors (Lipinski definition) is 0. The average molecular weight is 407 g/mol. The van der Waals surface area contributed by atoms with Crippen LogP contribution in [-0.4, -0.2) is 28.1 Å². The fourth-order valence-corrected chi connectivity index (χ4v) is 3.22. The third-order valence-corrected chi connectivity index (χ3v) is 4.66. The molecule has 0 bridgehead atoms. The monoisotopic (exact) mass is 406 g/mol. The van der Waals surface area contributed by atoms with Gasteiger partial charge in [-0.3, -0.25) is 0 Å². The second kappa shape index (κ2) is 7.95. The Morgan fingerprint density at radius 3 is 2.75 bits per heavy atom. The quantitative estimate of drug-likeness (QED) is 0.715. The second-order valence-corrected chi connectivity index (χ2v) is 8.32. The van der Waals surface area contributed by atoms with Crippen molar-refractivity contribution in [2.45, 2.75) is 52.9 Å².